The number of aryl methyl sites for hydroxylation is 1. The Labute approximate surface area is 121 Å². The predicted octanol–water partition coefficient (Wildman–Crippen LogP) is 2.60. The largest absolute Gasteiger partial charge is 0.481 e. The second-order valence-electron chi connectivity index (χ2n) is 4.97. The number of carboxylic acid groups (broad SMARTS) is 1. The molecule has 0 saturated carbocycles. The van der Waals surface area contributed by atoms with E-state index in [0.717, 1.165) is 10.9 Å². The molecule has 0 radical (unpaired) electrons. The molecule has 1 heterocycles. The summed E-state index contributed by atoms with van der Waals surface area (Å²) in [5.41, 5.74) is 1.72. The van der Waals surface area contributed by atoms with Crippen molar-refractivity contribution in [3.63, 3.8) is 0 Å². The van der Waals surface area contributed by atoms with Crippen LogP contribution in [0.25, 0.3) is 10.9 Å². The first kappa shape index (κ1) is 15.0. The van der Waals surface area contributed by atoms with E-state index >= 15 is 0 Å². The molecule has 0 unspecified atom stereocenters. The van der Waals surface area contributed by atoms with E-state index < -0.39 is 5.97 Å². The van der Waals surface area contributed by atoms with Gasteiger partial charge in [0.1, 0.15) is 11.5 Å². The van der Waals surface area contributed by atoms with Crippen LogP contribution in [0.5, 0.6) is 0 Å². The minimum atomic E-state index is -0.838. The number of carbonyl (C=O) groups excluding carboxylic acids is 1. The van der Waals surface area contributed by atoms with E-state index in [1.165, 1.54) is 12.1 Å². The number of halogens is 1. The minimum absolute atomic E-state index is 0.0979. The second kappa shape index (κ2) is 6.39. The van der Waals surface area contributed by atoms with Crippen LogP contribution < -0.4 is 5.32 Å². The van der Waals surface area contributed by atoms with Crippen LogP contribution in [0.2, 0.25) is 0 Å². The number of aliphatic carboxylic acids is 1. The molecule has 0 aliphatic rings. The molecule has 0 bridgehead atoms. The van der Waals surface area contributed by atoms with E-state index in [0.29, 0.717) is 30.6 Å². The van der Waals surface area contributed by atoms with Crippen molar-refractivity contribution in [1.82, 2.24) is 10.3 Å². The summed E-state index contributed by atoms with van der Waals surface area (Å²) in [6.07, 6.45) is 1.22. The Morgan fingerprint density at radius 3 is 2.76 bits per heavy atom. The van der Waals surface area contributed by atoms with Crippen LogP contribution in [0.4, 0.5) is 4.39 Å². The average molecular weight is 292 g/mol. The van der Waals surface area contributed by atoms with Crippen LogP contribution in [0, 0.1) is 12.7 Å². The standard InChI is InChI=1S/C15H17FN2O3/c1-9-6-10(16)7-12-11(9)8-13(18-12)15(21)17-5-3-2-4-14(19)20/h6-8,18H,2-5H2,1H3,(H,17,21)(H,19,20). The Hall–Kier alpha value is -2.37. The van der Waals surface area contributed by atoms with E-state index in [1.54, 1.807) is 13.0 Å². The summed E-state index contributed by atoms with van der Waals surface area (Å²) in [4.78, 5) is 25.2. The Bertz CT molecular complexity index is 679. The number of aromatic nitrogens is 1. The van der Waals surface area contributed by atoms with Crippen LogP contribution in [0.3, 0.4) is 0 Å². The molecule has 0 aliphatic heterocycles. The highest BCUT2D eigenvalue weighted by Gasteiger charge is 2.11. The van der Waals surface area contributed by atoms with Gasteiger partial charge < -0.3 is 15.4 Å². The van der Waals surface area contributed by atoms with Gasteiger partial charge in [-0.05, 0) is 43.5 Å². The topological polar surface area (TPSA) is 82.2 Å². The molecule has 2 rings (SSSR count). The number of hydrogen-bond donors (Lipinski definition) is 3. The maximum absolute atomic E-state index is 13.3. The van der Waals surface area contributed by atoms with Gasteiger partial charge in [-0.3, -0.25) is 9.59 Å². The van der Waals surface area contributed by atoms with Gasteiger partial charge in [0.25, 0.3) is 5.91 Å². The highest BCUT2D eigenvalue weighted by molar-refractivity contribution is 5.98. The zero-order valence-corrected chi connectivity index (χ0v) is 11.7. The molecule has 6 heteroatoms. The Morgan fingerprint density at radius 1 is 1.29 bits per heavy atom. The molecule has 2 aromatic rings. The molecule has 3 N–H and O–H groups in total. The fraction of sp³-hybridized carbons (Fsp3) is 0.333. The summed E-state index contributed by atoms with van der Waals surface area (Å²) < 4.78 is 13.3. The van der Waals surface area contributed by atoms with E-state index in [-0.39, 0.29) is 18.1 Å². The monoisotopic (exact) mass is 292 g/mol. The van der Waals surface area contributed by atoms with Crippen molar-refractivity contribution in [3.8, 4) is 0 Å². The van der Waals surface area contributed by atoms with E-state index in [4.69, 9.17) is 5.11 Å². The third kappa shape index (κ3) is 3.81. The zero-order chi connectivity index (χ0) is 15.4. The number of fused-ring (bicyclic) bond motifs is 1. The summed E-state index contributed by atoms with van der Waals surface area (Å²) in [7, 11) is 0. The van der Waals surface area contributed by atoms with Crippen molar-refractivity contribution in [3.05, 3.63) is 35.3 Å². The van der Waals surface area contributed by atoms with Crippen molar-refractivity contribution in [2.75, 3.05) is 6.54 Å². The van der Waals surface area contributed by atoms with Gasteiger partial charge in [0.15, 0.2) is 0 Å². The van der Waals surface area contributed by atoms with Gasteiger partial charge in [0.05, 0.1) is 0 Å². The number of carboxylic acids is 1. The molecule has 0 fully saturated rings. The Morgan fingerprint density at radius 2 is 2.05 bits per heavy atom. The second-order valence-corrected chi connectivity index (χ2v) is 4.97. The van der Waals surface area contributed by atoms with E-state index in [9.17, 15) is 14.0 Å². The van der Waals surface area contributed by atoms with Gasteiger partial charge in [-0.15, -0.1) is 0 Å². The van der Waals surface area contributed by atoms with Gasteiger partial charge in [0.2, 0.25) is 0 Å². The molecule has 1 aromatic heterocycles. The van der Waals surface area contributed by atoms with Gasteiger partial charge in [-0.2, -0.15) is 0 Å². The molecule has 5 nitrogen and oxygen atoms in total. The molecular weight excluding hydrogens is 275 g/mol. The lowest BCUT2D eigenvalue weighted by molar-refractivity contribution is -0.137. The maximum Gasteiger partial charge on any atom is 0.303 e. The number of carbonyl (C=O) groups is 2. The number of unbranched alkanes of at least 4 members (excludes halogenated alkanes) is 1. The SMILES string of the molecule is Cc1cc(F)cc2[nH]c(C(=O)NCCCCC(=O)O)cc12. The van der Waals surface area contributed by atoms with Crippen molar-refractivity contribution in [2.45, 2.75) is 26.2 Å². The normalized spacial score (nSPS) is 10.8. The van der Waals surface area contributed by atoms with E-state index in [2.05, 4.69) is 10.3 Å². The van der Waals surface area contributed by atoms with Crippen LogP contribution in [-0.2, 0) is 4.79 Å². The zero-order valence-electron chi connectivity index (χ0n) is 11.7. The lowest BCUT2D eigenvalue weighted by atomic mass is 10.1. The molecule has 1 amide bonds. The molecule has 0 aliphatic carbocycles. The highest BCUT2D eigenvalue weighted by atomic mass is 19.1. The van der Waals surface area contributed by atoms with E-state index in [1.807, 2.05) is 0 Å². The van der Waals surface area contributed by atoms with Crippen molar-refractivity contribution < 1.29 is 19.1 Å². The van der Waals surface area contributed by atoms with Crippen molar-refractivity contribution in [2.24, 2.45) is 0 Å². The molecule has 1 aromatic carbocycles. The smallest absolute Gasteiger partial charge is 0.303 e. The van der Waals surface area contributed by atoms with Crippen LogP contribution in [0.15, 0.2) is 18.2 Å². The summed E-state index contributed by atoms with van der Waals surface area (Å²) in [5, 5.41) is 12.0. The number of hydrogen-bond acceptors (Lipinski definition) is 2. The predicted molar refractivity (Wildman–Crippen MR) is 76.8 cm³/mol. The minimum Gasteiger partial charge on any atom is -0.481 e. The van der Waals surface area contributed by atoms with Gasteiger partial charge in [-0.25, -0.2) is 4.39 Å². The number of H-pyrrole nitrogens is 1. The highest BCUT2D eigenvalue weighted by Crippen LogP contribution is 2.21. The molecular formula is C15H17FN2O3. The molecule has 0 saturated heterocycles. The summed E-state index contributed by atoms with van der Waals surface area (Å²) >= 11 is 0. The summed E-state index contributed by atoms with van der Waals surface area (Å²) in [6.45, 7) is 2.20. The van der Waals surface area contributed by atoms with Crippen molar-refractivity contribution >= 4 is 22.8 Å². The van der Waals surface area contributed by atoms with Gasteiger partial charge >= 0.3 is 5.97 Å². The number of benzene rings is 1. The van der Waals surface area contributed by atoms with Gasteiger partial charge in [-0.1, -0.05) is 0 Å². The van der Waals surface area contributed by atoms with Crippen LogP contribution in [-0.4, -0.2) is 28.5 Å². The Kier molecular flexibility index (Phi) is 4.57. The average Bonchev–Trinajstić information content (AvgIpc) is 2.82. The summed E-state index contributed by atoms with van der Waals surface area (Å²) in [6, 6.07) is 4.46. The fourth-order valence-corrected chi connectivity index (χ4v) is 2.20. The lowest BCUT2D eigenvalue weighted by Gasteiger charge is -2.02. The molecule has 21 heavy (non-hydrogen) atoms. The van der Waals surface area contributed by atoms with Gasteiger partial charge in [0, 0.05) is 23.9 Å². The first-order chi connectivity index (χ1) is 9.97. The quantitative estimate of drug-likeness (QED) is 0.716. The first-order valence-corrected chi connectivity index (χ1v) is 6.76. The maximum atomic E-state index is 13.3. The van der Waals surface area contributed by atoms with Crippen molar-refractivity contribution in [1.29, 1.82) is 0 Å². The summed E-state index contributed by atoms with van der Waals surface area (Å²) in [5.74, 6) is -1.46. The fourth-order valence-electron chi connectivity index (χ4n) is 2.20. The number of rotatable bonds is 6. The van der Waals surface area contributed by atoms with Crippen LogP contribution >= 0.6 is 0 Å². The Balaban J connectivity index is 1.97. The number of aromatic amines is 1. The number of nitrogens with one attached hydrogen (secondary N) is 2. The third-order valence-corrected chi connectivity index (χ3v) is 3.26. The molecule has 112 valence electrons. The third-order valence-electron chi connectivity index (χ3n) is 3.26. The molecule has 0 spiro atoms. The van der Waals surface area contributed by atoms with Crippen LogP contribution in [0.1, 0.15) is 35.3 Å². The number of amides is 1. The molecule has 0 atom stereocenters. The lowest BCUT2D eigenvalue weighted by Crippen LogP contribution is -2.24. The first-order valence-electron chi connectivity index (χ1n) is 6.76.